The maximum absolute atomic E-state index is 6.00. The summed E-state index contributed by atoms with van der Waals surface area (Å²) in [7, 11) is 0. The van der Waals surface area contributed by atoms with Gasteiger partial charge in [-0.2, -0.15) is 0 Å². The zero-order chi connectivity index (χ0) is 12.0. The van der Waals surface area contributed by atoms with Crippen LogP contribution in [0.2, 0.25) is 15.1 Å². The molecule has 1 N–H and O–H groups in total. The van der Waals surface area contributed by atoms with Gasteiger partial charge in [0.1, 0.15) is 0 Å². The number of nitrogens with one attached hydrogen (secondary N) is 1. The highest BCUT2D eigenvalue weighted by Crippen LogP contribution is 2.47. The van der Waals surface area contributed by atoms with Crippen LogP contribution in [0, 0.1) is 0 Å². The maximum Gasteiger partial charge on any atom is 0.0613 e. The van der Waals surface area contributed by atoms with E-state index in [9.17, 15) is 0 Å². The van der Waals surface area contributed by atoms with Crippen molar-refractivity contribution in [2.45, 2.75) is 9.79 Å². The predicted molar refractivity (Wildman–Crippen MR) is 75.3 cm³/mol. The van der Waals surface area contributed by atoms with E-state index in [1.54, 1.807) is 11.8 Å². The lowest BCUT2D eigenvalue weighted by atomic mass is 10.2. The van der Waals surface area contributed by atoms with Crippen molar-refractivity contribution < 1.29 is 0 Å². The van der Waals surface area contributed by atoms with Crippen molar-refractivity contribution >= 4 is 57.9 Å². The topological polar surface area (TPSA) is 12.0 Å². The Labute approximate surface area is 118 Å². The zero-order valence-electron chi connectivity index (χ0n) is 8.43. The Morgan fingerprint density at radius 1 is 0.824 bits per heavy atom. The summed E-state index contributed by atoms with van der Waals surface area (Å²) in [6.07, 6.45) is 0. The maximum atomic E-state index is 6.00. The van der Waals surface area contributed by atoms with Gasteiger partial charge in [0.2, 0.25) is 0 Å². The first kappa shape index (κ1) is 11.5. The molecule has 0 unspecified atom stereocenters. The van der Waals surface area contributed by atoms with Crippen LogP contribution < -0.4 is 5.32 Å². The second-order valence-electron chi connectivity index (χ2n) is 3.63. The fourth-order valence-corrected chi connectivity index (χ4v) is 3.22. The minimum absolute atomic E-state index is 0.545. The Morgan fingerprint density at radius 2 is 1.53 bits per heavy atom. The van der Waals surface area contributed by atoms with Gasteiger partial charge in [0.15, 0.2) is 0 Å². The number of hydrogen-bond donors (Lipinski definition) is 1. The van der Waals surface area contributed by atoms with Gasteiger partial charge in [-0.15, -0.1) is 0 Å². The van der Waals surface area contributed by atoms with Crippen LogP contribution in [-0.2, 0) is 0 Å². The van der Waals surface area contributed by atoms with Crippen molar-refractivity contribution in [2.24, 2.45) is 0 Å². The average Bonchev–Trinajstić information content (AvgIpc) is 2.28. The molecule has 0 saturated carbocycles. The van der Waals surface area contributed by atoms with Crippen LogP contribution in [0.5, 0.6) is 0 Å². The lowest BCUT2D eigenvalue weighted by molar-refractivity contribution is 1.31. The second kappa shape index (κ2) is 4.29. The molecule has 2 aromatic rings. The predicted octanol–water partition coefficient (Wildman–Crippen LogP) is 5.86. The first-order valence-electron chi connectivity index (χ1n) is 4.87. The van der Waals surface area contributed by atoms with Gasteiger partial charge in [-0.3, -0.25) is 0 Å². The van der Waals surface area contributed by atoms with E-state index in [1.807, 2.05) is 30.3 Å². The molecule has 0 aliphatic carbocycles. The Balaban J connectivity index is 2.11. The highest BCUT2D eigenvalue weighted by Gasteiger charge is 2.17. The summed E-state index contributed by atoms with van der Waals surface area (Å²) in [6.45, 7) is 0. The number of hydrogen-bond acceptors (Lipinski definition) is 2. The lowest BCUT2D eigenvalue weighted by Crippen LogP contribution is -1.99. The third-order valence-corrected chi connectivity index (χ3v) is 4.54. The van der Waals surface area contributed by atoms with Gasteiger partial charge in [-0.25, -0.2) is 0 Å². The number of fused-ring (bicyclic) bond motifs is 2. The number of anilines is 2. The molecule has 17 heavy (non-hydrogen) atoms. The second-order valence-corrected chi connectivity index (χ2v) is 5.96. The van der Waals surface area contributed by atoms with Crippen molar-refractivity contribution in [3.63, 3.8) is 0 Å². The SMILES string of the molecule is Clc1ccc2c(c1)Nc1cc(Cl)c(Cl)cc1S2. The van der Waals surface area contributed by atoms with Gasteiger partial charge in [0, 0.05) is 14.8 Å². The van der Waals surface area contributed by atoms with Gasteiger partial charge in [0.05, 0.1) is 21.4 Å². The van der Waals surface area contributed by atoms with Crippen LogP contribution in [0.4, 0.5) is 11.4 Å². The van der Waals surface area contributed by atoms with Crippen molar-refractivity contribution in [2.75, 3.05) is 5.32 Å². The fourth-order valence-electron chi connectivity index (χ4n) is 1.66. The third-order valence-electron chi connectivity index (χ3n) is 2.45. The average molecular weight is 303 g/mol. The molecular formula is C12H6Cl3NS. The van der Waals surface area contributed by atoms with Gasteiger partial charge >= 0.3 is 0 Å². The van der Waals surface area contributed by atoms with Gasteiger partial charge in [-0.05, 0) is 30.3 Å². The summed E-state index contributed by atoms with van der Waals surface area (Å²) >= 11 is 19.6. The number of halogens is 3. The molecule has 0 fully saturated rings. The molecule has 5 heteroatoms. The first-order valence-corrected chi connectivity index (χ1v) is 6.82. The van der Waals surface area contributed by atoms with E-state index in [1.165, 1.54) is 0 Å². The van der Waals surface area contributed by atoms with Gasteiger partial charge in [0.25, 0.3) is 0 Å². The van der Waals surface area contributed by atoms with E-state index in [4.69, 9.17) is 34.8 Å². The van der Waals surface area contributed by atoms with E-state index in [0.717, 1.165) is 21.2 Å². The van der Waals surface area contributed by atoms with Crippen LogP contribution >= 0.6 is 46.6 Å². The summed E-state index contributed by atoms with van der Waals surface area (Å²) in [5.41, 5.74) is 1.95. The highest BCUT2D eigenvalue weighted by atomic mass is 35.5. The minimum Gasteiger partial charge on any atom is -0.354 e. The number of benzene rings is 2. The molecule has 86 valence electrons. The monoisotopic (exact) mass is 301 g/mol. The standard InChI is InChI=1S/C12H6Cl3NS/c13-6-1-2-11-9(3-6)16-10-4-7(14)8(15)5-12(10)17-11/h1-5,16H. The summed E-state index contributed by atoms with van der Waals surface area (Å²) in [5.74, 6) is 0. The Hall–Kier alpha value is -0.540. The summed E-state index contributed by atoms with van der Waals surface area (Å²) < 4.78 is 0. The molecule has 0 atom stereocenters. The Kier molecular flexibility index (Phi) is 2.91. The molecule has 0 aromatic heterocycles. The highest BCUT2D eigenvalue weighted by molar-refractivity contribution is 7.99. The normalized spacial score (nSPS) is 12.6. The molecule has 0 radical (unpaired) electrons. The molecule has 1 aliphatic rings. The van der Waals surface area contributed by atoms with Crippen LogP contribution in [0.25, 0.3) is 0 Å². The van der Waals surface area contributed by atoms with E-state index in [-0.39, 0.29) is 0 Å². The van der Waals surface area contributed by atoms with Crippen LogP contribution in [-0.4, -0.2) is 0 Å². The molecular weight excluding hydrogens is 297 g/mol. The first-order chi connectivity index (χ1) is 8.13. The Bertz CT molecular complexity index is 613. The van der Waals surface area contributed by atoms with Crippen molar-refractivity contribution in [3.05, 3.63) is 45.4 Å². The van der Waals surface area contributed by atoms with E-state index < -0.39 is 0 Å². The molecule has 0 bridgehead atoms. The van der Waals surface area contributed by atoms with E-state index in [2.05, 4.69) is 5.32 Å². The zero-order valence-corrected chi connectivity index (χ0v) is 11.5. The smallest absolute Gasteiger partial charge is 0.0613 e. The summed E-state index contributed by atoms with van der Waals surface area (Å²) in [6, 6.07) is 9.46. The van der Waals surface area contributed by atoms with Gasteiger partial charge < -0.3 is 5.32 Å². The molecule has 2 aromatic carbocycles. The summed E-state index contributed by atoms with van der Waals surface area (Å²) in [4.78, 5) is 2.19. The van der Waals surface area contributed by atoms with Crippen LogP contribution in [0.15, 0.2) is 40.1 Å². The van der Waals surface area contributed by atoms with Gasteiger partial charge in [-0.1, -0.05) is 46.6 Å². The van der Waals surface area contributed by atoms with Crippen molar-refractivity contribution in [1.29, 1.82) is 0 Å². The largest absolute Gasteiger partial charge is 0.354 e. The minimum atomic E-state index is 0.545. The van der Waals surface area contributed by atoms with Crippen LogP contribution in [0.3, 0.4) is 0 Å². The quantitative estimate of drug-likeness (QED) is 0.558. The molecule has 1 aliphatic heterocycles. The van der Waals surface area contributed by atoms with Crippen molar-refractivity contribution in [3.8, 4) is 0 Å². The molecule has 3 rings (SSSR count). The molecule has 1 heterocycles. The Morgan fingerprint density at radius 3 is 2.35 bits per heavy atom. The van der Waals surface area contributed by atoms with E-state index >= 15 is 0 Å². The van der Waals surface area contributed by atoms with Crippen LogP contribution in [0.1, 0.15) is 0 Å². The van der Waals surface area contributed by atoms with E-state index in [0.29, 0.717) is 15.1 Å². The summed E-state index contributed by atoms with van der Waals surface area (Å²) in [5, 5.41) is 5.12. The molecule has 0 spiro atoms. The fraction of sp³-hybridized carbons (Fsp3) is 0. The third kappa shape index (κ3) is 2.11. The lowest BCUT2D eigenvalue weighted by Gasteiger charge is -2.21. The number of rotatable bonds is 0. The molecule has 1 nitrogen and oxygen atoms in total. The van der Waals surface area contributed by atoms with Crippen molar-refractivity contribution in [1.82, 2.24) is 0 Å². The molecule has 0 saturated heterocycles. The molecule has 0 amide bonds.